The van der Waals surface area contributed by atoms with Crippen LogP contribution in [-0.2, 0) is 16.6 Å². The molecule has 0 radical (unpaired) electrons. The minimum Gasteiger partial charge on any atom is -0.365 e. The maximum Gasteiger partial charge on any atom is 0.270 e. The van der Waals surface area contributed by atoms with Gasteiger partial charge in [-0.3, -0.25) is 9.59 Å². The van der Waals surface area contributed by atoms with Gasteiger partial charge in [0.15, 0.2) is 5.65 Å². The van der Waals surface area contributed by atoms with E-state index in [1.165, 1.54) is 22.5 Å². The van der Waals surface area contributed by atoms with Crippen molar-refractivity contribution in [1.82, 2.24) is 24.2 Å². The third-order valence-electron chi connectivity index (χ3n) is 6.64. The lowest BCUT2D eigenvalue weighted by Gasteiger charge is -2.32. The Balaban J connectivity index is 1.44. The van der Waals surface area contributed by atoms with E-state index >= 15 is 0 Å². The van der Waals surface area contributed by atoms with Gasteiger partial charge >= 0.3 is 0 Å². The van der Waals surface area contributed by atoms with Gasteiger partial charge in [0, 0.05) is 25.8 Å². The highest BCUT2D eigenvalue weighted by Gasteiger charge is 2.28. The lowest BCUT2D eigenvalue weighted by Crippen LogP contribution is -2.38. The molecular formula is C27H28N6O4S. The summed E-state index contributed by atoms with van der Waals surface area (Å²) < 4.78 is 26.5. The number of aromatic nitrogens is 3. The van der Waals surface area contributed by atoms with Gasteiger partial charge in [0.1, 0.15) is 16.9 Å². The monoisotopic (exact) mass is 532 g/mol. The first-order chi connectivity index (χ1) is 18.3. The number of carbonyl (C=O) groups is 2. The predicted octanol–water partition coefficient (Wildman–Crippen LogP) is 3.05. The van der Waals surface area contributed by atoms with Crippen LogP contribution in [-0.4, -0.2) is 59.1 Å². The molecule has 1 aliphatic rings. The maximum atomic E-state index is 13.7. The zero-order chi connectivity index (χ0) is 26.7. The molecule has 1 fully saturated rings. The number of benzene rings is 2. The van der Waals surface area contributed by atoms with E-state index in [0.29, 0.717) is 36.9 Å². The van der Waals surface area contributed by atoms with E-state index in [4.69, 9.17) is 0 Å². The Morgan fingerprint density at radius 3 is 2.26 bits per heavy atom. The number of anilines is 1. The maximum absolute atomic E-state index is 13.7. The van der Waals surface area contributed by atoms with Crippen LogP contribution >= 0.6 is 0 Å². The molecule has 10 nitrogen and oxygen atoms in total. The van der Waals surface area contributed by atoms with E-state index in [2.05, 4.69) is 27.5 Å². The van der Waals surface area contributed by atoms with E-state index < -0.39 is 15.9 Å². The van der Waals surface area contributed by atoms with Crippen molar-refractivity contribution in [2.24, 2.45) is 0 Å². The topological polar surface area (TPSA) is 126 Å². The van der Waals surface area contributed by atoms with Crippen molar-refractivity contribution in [3.8, 4) is 0 Å². The van der Waals surface area contributed by atoms with Crippen LogP contribution in [0.15, 0.2) is 73.1 Å². The summed E-state index contributed by atoms with van der Waals surface area (Å²) in [5, 5.41) is 7.58. The molecule has 0 saturated carbocycles. The molecule has 196 valence electrons. The Labute approximate surface area is 220 Å². The summed E-state index contributed by atoms with van der Waals surface area (Å²) in [5.74, 6) is -0.240. The van der Waals surface area contributed by atoms with Crippen molar-refractivity contribution in [1.29, 1.82) is 0 Å². The first kappa shape index (κ1) is 25.4. The Bertz CT molecular complexity index is 1560. The number of hydrogen-bond acceptors (Lipinski definition) is 7. The number of sulfonamides is 1. The largest absolute Gasteiger partial charge is 0.365 e. The summed E-state index contributed by atoms with van der Waals surface area (Å²) in [7, 11) is -3.78. The Kier molecular flexibility index (Phi) is 7.10. The number of piperidine rings is 1. The van der Waals surface area contributed by atoms with E-state index in [1.54, 1.807) is 0 Å². The molecule has 3 heterocycles. The van der Waals surface area contributed by atoms with Gasteiger partial charge in [-0.1, -0.05) is 60.7 Å². The lowest BCUT2D eigenvalue weighted by molar-refractivity contribution is 0.0712. The van der Waals surface area contributed by atoms with Gasteiger partial charge in [-0.15, -0.1) is 0 Å². The summed E-state index contributed by atoms with van der Waals surface area (Å²) in [6.45, 7) is 1.62. The summed E-state index contributed by atoms with van der Waals surface area (Å²) in [6, 6.07) is 20.0. The Morgan fingerprint density at radius 1 is 0.947 bits per heavy atom. The van der Waals surface area contributed by atoms with Crippen LogP contribution in [0, 0.1) is 0 Å². The van der Waals surface area contributed by atoms with Crippen LogP contribution < -0.4 is 10.0 Å². The summed E-state index contributed by atoms with van der Waals surface area (Å²) >= 11 is 0. The predicted molar refractivity (Wildman–Crippen MR) is 143 cm³/mol. The van der Waals surface area contributed by atoms with Gasteiger partial charge < -0.3 is 10.2 Å². The molecule has 2 amide bonds. The second-order valence-corrected chi connectivity index (χ2v) is 11.1. The van der Waals surface area contributed by atoms with Crippen LogP contribution in [0.4, 0.5) is 5.82 Å². The number of rotatable bonds is 7. The van der Waals surface area contributed by atoms with E-state index in [-0.39, 0.29) is 17.1 Å². The third-order valence-corrected chi connectivity index (χ3v) is 7.19. The molecule has 38 heavy (non-hydrogen) atoms. The molecule has 0 spiro atoms. The third kappa shape index (κ3) is 5.52. The van der Waals surface area contributed by atoms with Crippen molar-refractivity contribution >= 4 is 33.3 Å². The molecule has 2 aromatic carbocycles. The Morgan fingerprint density at radius 2 is 1.61 bits per heavy atom. The van der Waals surface area contributed by atoms with Gasteiger partial charge in [0.05, 0.1) is 12.5 Å². The van der Waals surface area contributed by atoms with Crippen LogP contribution in [0.5, 0.6) is 0 Å². The van der Waals surface area contributed by atoms with E-state index in [0.717, 1.165) is 24.7 Å². The van der Waals surface area contributed by atoms with Crippen molar-refractivity contribution in [2.75, 3.05) is 24.7 Å². The molecule has 2 N–H and O–H groups in total. The SMILES string of the molecule is CS(=O)(=O)NC(=O)c1cnn2c(NCc3ccccc3)c(C(=O)N3CCC(c4ccccc4)CC3)cnc12. The fraction of sp³-hybridized carbons (Fsp3) is 0.259. The van der Waals surface area contributed by atoms with Gasteiger partial charge in [-0.25, -0.2) is 18.1 Å². The quantitative estimate of drug-likeness (QED) is 0.375. The van der Waals surface area contributed by atoms with Crippen molar-refractivity contribution in [2.45, 2.75) is 25.3 Å². The molecular weight excluding hydrogens is 504 g/mol. The number of likely N-dealkylation sites (tertiary alicyclic amines) is 1. The number of amides is 2. The Hall–Kier alpha value is -4.25. The molecule has 5 rings (SSSR count). The summed E-state index contributed by atoms with van der Waals surface area (Å²) in [5.41, 5.74) is 2.72. The second-order valence-electron chi connectivity index (χ2n) is 9.33. The van der Waals surface area contributed by atoms with Crippen LogP contribution in [0.25, 0.3) is 5.65 Å². The zero-order valence-electron chi connectivity index (χ0n) is 20.9. The normalized spacial score (nSPS) is 14.4. The molecule has 0 unspecified atom stereocenters. The molecule has 1 aliphatic heterocycles. The van der Waals surface area contributed by atoms with Crippen molar-refractivity contribution in [3.63, 3.8) is 0 Å². The average molecular weight is 533 g/mol. The molecule has 4 aromatic rings. The number of hydrogen-bond donors (Lipinski definition) is 2. The van der Waals surface area contributed by atoms with Crippen LogP contribution in [0.1, 0.15) is 50.6 Å². The van der Waals surface area contributed by atoms with Gasteiger partial charge in [-0.05, 0) is 29.9 Å². The number of nitrogens with zero attached hydrogens (tertiary/aromatic N) is 4. The summed E-state index contributed by atoms with van der Waals surface area (Å²) in [6.07, 6.45) is 5.28. The first-order valence-corrected chi connectivity index (χ1v) is 14.2. The smallest absolute Gasteiger partial charge is 0.270 e. The van der Waals surface area contributed by atoms with Gasteiger partial charge in [0.2, 0.25) is 10.0 Å². The number of fused-ring (bicyclic) bond motifs is 1. The van der Waals surface area contributed by atoms with Crippen LogP contribution in [0.2, 0.25) is 0 Å². The average Bonchev–Trinajstić information content (AvgIpc) is 3.36. The first-order valence-electron chi connectivity index (χ1n) is 12.3. The highest BCUT2D eigenvalue weighted by molar-refractivity contribution is 7.89. The second kappa shape index (κ2) is 10.6. The highest BCUT2D eigenvalue weighted by Crippen LogP contribution is 2.29. The number of nitrogens with one attached hydrogen (secondary N) is 2. The minimum atomic E-state index is -3.78. The fourth-order valence-corrected chi connectivity index (χ4v) is 5.18. The summed E-state index contributed by atoms with van der Waals surface area (Å²) in [4.78, 5) is 32.4. The van der Waals surface area contributed by atoms with E-state index in [9.17, 15) is 18.0 Å². The van der Waals surface area contributed by atoms with Crippen LogP contribution in [0.3, 0.4) is 0 Å². The van der Waals surface area contributed by atoms with Gasteiger partial charge in [-0.2, -0.15) is 9.61 Å². The van der Waals surface area contributed by atoms with E-state index in [1.807, 2.05) is 58.2 Å². The van der Waals surface area contributed by atoms with Gasteiger partial charge in [0.25, 0.3) is 11.8 Å². The van der Waals surface area contributed by atoms with Crippen molar-refractivity contribution < 1.29 is 18.0 Å². The standard InChI is InChI=1S/C27H28N6O4S/c1-38(36,37)31-26(34)22-18-30-33-24(22)29-17-23(25(33)28-16-19-8-4-2-5-9-19)27(35)32-14-12-21(13-15-32)20-10-6-3-7-11-20/h2-11,17-18,21,28H,12-16H2,1H3,(H,31,34). The molecule has 1 saturated heterocycles. The molecule has 0 bridgehead atoms. The minimum absolute atomic E-state index is 0.0131. The molecule has 2 aromatic heterocycles. The zero-order valence-corrected chi connectivity index (χ0v) is 21.7. The highest BCUT2D eigenvalue weighted by atomic mass is 32.2. The van der Waals surface area contributed by atoms with Crippen molar-refractivity contribution in [3.05, 3.63) is 95.3 Å². The molecule has 0 atom stereocenters. The number of carbonyl (C=O) groups excluding carboxylic acids is 2. The fourth-order valence-electron chi connectivity index (χ4n) is 4.73. The molecule has 11 heteroatoms. The molecule has 0 aliphatic carbocycles. The lowest BCUT2D eigenvalue weighted by atomic mass is 9.89.